The van der Waals surface area contributed by atoms with Crippen LogP contribution in [-0.4, -0.2) is 22.2 Å². The van der Waals surface area contributed by atoms with Crippen LogP contribution in [0.4, 0.5) is 0 Å². The molecule has 0 aliphatic heterocycles. The summed E-state index contributed by atoms with van der Waals surface area (Å²) in [5.74, 6) is 1.37. The van der Waals surface area contributed by atoms with Gasteiger partial charge in [-0.05, 0) is 30.5 Å². The van der Waals surface area contributed by atoms with Crippen molar-refractivity contribution in [2.24, 2.45) is 5.92 Å². The van der Waals surface area contributed by atoms with Crippen LogP contribution in [0.1, 0.15) is 44.9 Å². The van der Waals surface area contributed by atoms with Crippen LogP contribution in [0.5, 0.6) is 0 Å². The molecule has 2 aromatic heterocycles. The Morgan fingerprint density at radius 1 is 1.24 bits per heavy atom. The lowest BCUT2D eigenvalue weighted by molar-refractivity contribution is -0.121. The molecule has 134 valence electrons. The van der Waals surface area contributed by atoms with Gasteiger partial charge < -0.3 is 9.73 Å². The summed E-state index contributed by atoms with van der Waals surface area (Å²) in [6.45, 7) is 0.751. The molecule has 0 atom stereocenters. The highest BCUT2D eigenvalue weighted by Gasteiger charge is 2.14. The zero-order valence-electron chi connectivity index (χ0n) is 14.4. The average Bonchev–Trinajstić information content (AvgIpc) is 3.17. The van der Waals surface area contributed by atoms with Crippen molar-refractivity contribution >= 4 is 5.91 Å². The molecule has 6 nitrogen and oxygen atoms in total. The number of carbonyl (C=O) groups is 1. The predicted octanol–water partition coefficient (Wildman–Crippen LogP) is 2.98. The van der Waals surface area contributed by atoms with Gasteiger partial charge in [0.2, 0.25) is 5.91 Å². The van der Waals surface area contributed by atoms with Crippen LogP contribution in [0.25, 0.3) is 11.5 Å². The first kappa shape index (κ1) is 17.5. The van der Waals surface area contributed by atoms with Gasteiger partial charge in [0.05, 0.1) is 12.8 Å². The topological polar surface area (TPSA) is 77.1 Å². The minimum atomic E-state index is -0.188. The third-order valence-electron chi connectivity index (χ3n) is 4.79. The third-order valence-corrected chi connectivity index (χ3v) is 4.79. The zero-order chi connectivity index (χ0) is 17.5. The van der Waals surface area contributed by atoms with E-state index in [0.29, 0.717) is 36.9 Å². The molecule has 2 aromatic rings. The molecule has 0 aromatic carbocycles. The average molecular weight is 343 g/mol. The van der Waals surface area contributed by atoms with Gasteiger partial charge in [0.15, 0.2) is 5.76 Å². The van der Waals surface area contributed by atoms with Crippen LogP contribution in [0.3, 0.4) is 0 Å². The van der Waals surface area contributed by atoms with E-state index in [1.807, 2.05) is 0 Å². The predicted molar refractivity (Wildman–Crippen MR) is 95.0 cm³/mol. The maximum absolute atomic E-state index is 12.0. The molecule has 1 N–H and O–H groups in total. The van der Waals surface area contributed by atoms with E-state index in [1.165, 1.54) is 42.9 Å². The minimum Gasteiger partial charge on any atom is -0.463 e. The lowest BCUT2D eigenvalue weighted by atomic mass is 9.86. The van der Waals surface area contributed by atoms with Crippen molar-refractivity contribution < 1.29 is 9.21 Å². The van der Waals surface area contributed by atoms with Crippen LogP contribution in [0, 0.1) is 5.92 Å². The Bertz CT molecular complexity index is 731. The van der Waals surface area contributed by atoms with Crippen LogP contribution in [0.15, 0.2) is 39.7 Å². The number of nitrogens with zero attached hydrogens (tertiary/aromatic N) is 2. The summed E-state index contributed by atoms with van der Waals surface area (Å²) in [5.41, 5.74) is 0.417. The van der Waals surface area contributed by atoms with Crippen molar-refractivity contribution in [3.63, 3.8) is 0 Å². The SMILES string of the molecule is O=C(CCC1CCCCC1)NCCn1nc(-c2ccco2)ccc1=O. The summed E-state index contributed by atoms with van der Waals surface area (Å²) >= 11 is 0. The normalized spacial score (nSPS) is 15.2. The summed E-state index contributed by atoms with van der Waals surface area (Å²) < 4.78 is 6.66. The number of hydrogen-bond acceptors (Lipinski definition) is 4. The Balaban J connectivity index is 1.46. The molecule has 1 amide bonds. The van der Waals surface area contributed by atoms with Crippen LogP contribution in [0.2, 0.25) is 0 Å². The number of furan rings is 1. The lowest BCUT2D eigenvalue weighted by Gasteiger charge is -2.20. The summed E-state index contributed by atoms with van der Waals surface area (Å²) in [4.78, 5) is 23.9. The Hall–Kier alpha value is -2.37. The fourth-order valence-electron chi connectivity index (χ4n) is 3.37. The van der Waals surface area contributed by atoms with Crippen LogP contribution >= 0.6 is 0 Å². The Morgan fingerprint density at radius 2 is 2.08 bits per heavy atom. The van der Waals surface area contributed by atoms with E-state index in [4.69, 9.17) is 4.42 Å². The fourth-order valence-corrected chi connectivity index (χ4v) is 3.37. The molecule has 0 saturated heterocycles. The van der Waals surface area contributed by atoms with Crippen molar-refractivity contribution in [3.05, 3.63) is 40.9 Å². The number of nitrogens with one attached hydrogen (secondary N) is 1. The highest BCUT2D eigenvalue weighted by molar-refractivity contribution is 5.75. The highest BCUT2D eigenvalue weighted by atomic mass is 16.3. The van der Waals surface area contributed by atoms with Gasteiger partial charge in [0.1, 0.15) is 5.69 Å². The van der Waals surface area contributed by atoms with Gasteiger partial charge in [-0.2, -0.15) is 5.10 Å². The van der Waals surface area contributed by atoms with Crippen molar-refractivity contribution in [3.8, 4) is 11.5 Å². The maximum Gasteiger partial charge on any atom is 0.266 e. The number of aromatic nitrogens is 2. The van der Waals surface area contributed by atoms with Gasteiger partial charge in [-0.3, -0.25) is 9.59 Å². The second-order valence-electron chi connectivity index (χ2n) is 6.65. The van der Waals surface area contributed by atoms with E-state index in [2.05, 4.69) is 10.4 Å². The second-order valence-corrected chi connectivity index (χ2v) is 6.65. The molecular formula is C19H25N3O3. The molecule has 1 aliphatic rings. The number of amides is 1. The van der Waals surface area contributed by atoms with Crippen LogP contribution < -0.4 is 10.9 Å². The van der Waals surface area contributed by atoms with E-state index in [-0.39, 0.29) is 11.5 Å². The molecule has 0 bridgehead atoms. The largest absolute Gasteiger partial charge is 0.463 e. The van der Waals surface area contributed by atoms with Crippen LogP contribution in [-0.2, 0) is 11.3 Å². The van der Waals surface area contributed by atoms with Gasteiger partial charge in [0, 0.05) is 19.0 Å². The first-order valence-electron chi connectivity index (χ1n) is 9.11. The molecule has 0 radical (unpaired) electrons. The monoisotopic (exact) mass is 343 g/mol. The summed E-state index contributed by atoms with van der Waals surface area (Å²) in [5, 5.41) is 7.18. The molecule has 1 fully saturated rings. The Morgan fingerprint density at radius 3 is 2.84 bits per heavy atom. The molecule has 3 rings (SSSR count). The van der Waals surface area contributed by atoms with Crippen molar-refractivity contribution in [2.75, 3.05) is 6.54 Å². The smallest absolute Gasteiger partial charge is 0.266 e. The highest BCUT2D eigenvalue weighted by Crippen LogP contribution is 2.27. The molecule has 6 heteroatoms. The molecular weight excluding hydrogens is 318 g/mol. The van der Waals surface area contributed by atoms with Gasteiger partial charge in [-0.1, -0.05) is 32.1 Å². The van der Waals surface area contributed by atoms with E-state index < -0.39 is 0 Å². The number of rotatable bonds is 7. The van der Waals surface area contributed by atoms with Crippen molar-refractivity contribution in [2.45, 2.75) is 51.5 Å². The fraction of sp³-hybridized carbons (Fsp3) is 0.526. The van der Waals surface area contributed by atoms with E-state index in [0.717, 1.165) is 6.42 Å². The first-order chi connectivity index (χ1) is 12.2. The third kappa shape index (κ3) is 5.05. The number of carbonyl (C=O) groups excluding carboxylic acids is 1. The van der Waals surface area contributed by atoms with Gasteiger partial charge in [0.25, 0.3) is 5.56 Å². The van der Waals surface area contributed by atoms with Gasteiger partial charge >= 0.3 is 0 Å². The summed E-state index contributed by atoms with van der Waals surface area (Å²) in [7, 11) is 0. The maximum atomic E-state index is 12.0. The second kappa shape index (κ2) is 8.65. The summed E-state index contributed by atoms with van der Waals surface area (Å²) in [6.07, 6.45) is 9.55. The quantitative estimate of drug-likeness (QED) is 0.838. The Labute approximate surface area is 147 Å². The minimum absolute atomic E-state index is 0.0563. The zero-order valence-corrected chi connectivity index (χ0v) is 14.4. The lowest BCUT2D eigenvalue weighted by Crippen LogP contribution is -2.32. The van der Waals surface area contributed by atoms with E-state index >= 15 is 0 Å². The summed E-state index contributed by atoms with van der Waals surface area (Å²) in [6, 6.07) is 6.68. The molecule has 0 spiro atoms. The van der Waals surface area contributed by atoms with Crippen molar-refractivity contribution in [1.29, 1.82) is 0 Å². The standard InChI is InChI=1S/C19H25N3O3/c23-18(10-8-15-5-2-1-3-6-15)20-12-13-22-19(24)11-9-16(21-22)17-7-4-14-25-17/h4,7,9,11,14-15H,1-3,5-6,8,10,12-13H2,(H,20,23). The molecule has 1 aliphatic carbocycles. The van der Waals surface area contributed by atoms with Gasteiger partial charge in [-0.25, -0.2) is 4.68 Å². The van der Waals surface area contributed by atoms with Crippen molar-refractivity contribution in [1.82, 2.24) is 15.1 Å². The first-order valence-corrected chi connectivity index (χ1v) is 9.11. The molecule has 2 heterocycles. The van der Waals surface area contributed by atoms with E-state index in [9.17, 15) is 9.59 Å². The number of hydrogen-bond donors (Lipinski definition) is 1. The molecule has 25 heavy (non-hydrogen) atoms. The molecule has 1 saturated carbocycles. The van der Waals surface area contributed by atoms with E-state index in [1.54, 1.807) is 24.5 Å². The van der Waals surface area contributed by atoms with Gasteiger partial charge in [-0.15, -0.1) is 0 Å². The molecule has 0 unspecified atom stereocenters. The Kier molecular flexibility index (Phi) is 6.04.